The van der Waals surface area contributed by atoms with Crippen LogP contribution in [0.15, 0.2) is 29.3 Å². The van der Waals surface area contributed by atoms with E-state index in [0.29, 0.717) is 6.54 Å². The highest BCUT2D eigenvalue weighted by molar-refractivity contribution is 14.0. The van der Waals surface area contributed by atoms with E-state index in [4.69, 9.17) is 4.74 Å². The van der Waals surface area contributed by atoms with E-state index in [0.717, 1.165) is 18.9 Å². The molecule has 120 valence electrons. The molecule has 0 saturated carbocycles. The lowest BCUT2D eigenvalue weighted by atomic mass is 10.1. The molecule has 0 fully saturated rings. The van der Waals surface area contributed by atoms with Gasteiger partial charge in [-0.1, -0.05) is 24.3 Å². The number of guanidine groups is 1. The van der Waals surface area contributed by atoms with Crippen molar-refractivity contribution in [3.63, 3.8) is 0 Å². The normalized spacial score (nSPS) is 11.8. The van der Waals surface area contributed by atoms with E-state index in [1.165, 1.54) is 11.1 Å². The Balaban J connectivity index is 0.00000400. The Morgan fingerprint density at radius 2 is 1.90 bits per heavy atom. The molecule has 5 heteroatoms. The summed E-state index contributed by atoms with van der Waals surface area (Å²) >= 11 is 0. The van der Waals surface area contributed by atoms with Crippen molar-refractivity contribution in [1.29, 1.82) is 0 Å². The second-order valence-corrected chi connectivity index (χ2v) is 5.49. The summed E-state index contributed by atoms with van der Waals surface area (Å²) in [5, 5.41) is 6.60. The molecule has 0 radical (unpaired) electrons. The summed E-state index contributed by atoms with van der Waals surface area (Å²) in [4.78, 5) is 4.22. The van der Waals surface area contributed by atoms with E-state index in [9.17, 15) is 0 Å². The summed E-state index contributed by atoms with van der Waals surface area (Å²) in [6.07, 6.45) is 0.987. The molecule has 0 amide bonds. The van der Waals surface area contributed by atoms with Crippen LogP contribution in [0.2, 0.25) is 0 Å². The first-order valence-corrected chi connectivity index (χ1v) is 7.02. The molecule has 0 aliphatic rings. The zero-order chi connectivity index (χ0) is 15.0. The topological polar surface area (TPSA) is 45.7 Å². The first-order valence-electron chi connectivity index (χ1n) is 7.02. The average Bonchev–Trinajstić information content (AvgIpc) is 2.44. The first kappa shape index (κ1) is 20.2. The van der Waals surface area contributed by atoms with E-state index in [1.54, 1.807) is 14.2 Å². The van der Waals surface area contributed by atoms with Gasteiger partial charge in [0.1, 0.15) is 0 Å². The lowest BCUT2D eigenvalue weighted by molar-refractivity contribution is 0.0268. The molecule has 1 aromatic rings. The van der Waals surface area contributed by atoms with Crippen LogP contribution in [-0.4, -0.2) is 38.8 Å². The molecule has 1 aromatic carbocycles. The van der Waals surface area contributed by atoms with Gasteiger partial charge in [0.05, 0.1) is 5.60 Å². The highest BCUT2D eigenvalue weighted by atomic mass is 127. The van der Waals surface area contributed by atoms with Crippen LogP contribution in [0.4, 0.5) is 0 Å². The smallest absolute Gasteiger partial charge is 0.191 e. The minimum Gasteiger partial charge on any atom is -0.377 e. The Morgan fingerprint density at radius 1 is 1.24 bits per heavy atom. The molecule has 0 spiro atoms. The average molecular weight is 405 g/mol. The van der Waals surface area contributed by atoms with Crippen LogP contribution >= 0.6 is 24.0 Å². The predicted molar refractivity (Wildman–Crippen MR) is 101 cm³/mol. The standard InChI is InChI=1S/C16H27N3O.HI/c1-13-8-6-7-9-14(13)10-11-18-15(17-4)19-12-16(2,3)20-5;/h6-9H,10-12H2,1-5H3,(H2,17,18,19);1H. The van der Waals surface area contributed by atoms with E-state index >= 15 is 0 Å². The van der Waals surface area contributed by atoms with Gasteiger partial charge in [-0.05, 0) is 38.3 Å². The van der Waals surface area contributed by atoms with Crippen LogP contribution in [0.3, 0.4) is 0 Å². The van der Waals surface area contributed by atoms with Crippen molar-refractivity contribution in [1.82, 2.24) is 10.6 Å². The van der Waals surface area contributed by atoms with Crippen LogP contribution in [0.5, 0.6) is 0 Å². The van der Waals surface area contributed by atoms with E-state index in [1.807, 2.05) is 13.8 Å². The van der Waals surface area contributed by atoms with Gasteiger partial charge >= 0.3 is 0 Å². The maximum atomic E-state index is 5.38. The third-order valence-electron chi connectivity index (χ3n) is 3.41. The van der Waals surface area contributed by atoms with Gasteiger partial charge in [-0.3, -0.25) is 4.99 Å². The molecule has 21 heavy (non-hydrogen) atoms. The largest absolute Gasteiger partial charge is 0.377 e. The Labute approximate surface area is 145 Å². The number of nitrogens with zero attached hydrogens (tertiary/aromatic N) is 1. The molecule has 0 saturated heterocycles. The second kappa shape index (κ2) is 10.00. The van der Waals surface area contributed by atoms with Crippen LogP contribution in [0.1, 0.15) is 25.0 Å². The molecule has 0 heterocycles. The molecule has 1 rings (SSSR count). The van der Waals surface area contributed by atoms with Crippen molar-refractivity contribution in [2.45, 2.75) is 32.8 Å². The predicted octanol–water partition coefficient (Wildman–Crippen LogP) is 2.75. The third kappa shape index (κ3) is 7.66. The minimum absolute atomic E-state index is 0. The molecular formula is C16H28IN3O. The number of hydrogen-bond donors (Lipinski definition) is 2. The third-order valence-corrected chi connectivity index (χ3v) is 3.41. The van der Waals surface area contributed by atoms with Gasteiger partial charge in [0.15, 0.2) is 5.96 Å². The highest BCUT2D eigenvalue weighted by Crippen LogP contribution is 2.07. The molecule has 0 bridgehead atoms. The molecular weight excluding hydrogens is 377 g/mol. The Bertz CT molecular complexity index is 447. The number of benzene rings is 1. The molecule has 0 aliphatic carbocycles. The number of methoxy groups -OCH3 is 1. The van der Waals surface area contributed by atoms with Gasteiger partial charge < -0.3 is 15.4 Å². The fourth-order valence-electron chi connectivity index (χ4n) is 1.80. The van der Waals surface area contributed by atoms with Gasteiger partial charge in [0.2, 0.25) is 0 Å². The van der Waals surface area contributed by atoms with Crippen molar-refractivity contribution in [3.05, 3.63) is 35.4 Å². The van der Waals surface area contributed by atoms with E-state index in [2.05, 4.69) is 46.8 Å². The van der Waals surface area contributed by atoms with Gasteiger partial charge in [-0.15, -0.1) is 24.0 Å². The fourth-order valence-corrected chi connectivity index (χ4v) is 1.80. The summed E-state index contributed by atoms with van der Waals surface area (Å²) in [7, 11) is 3.50. The summed E-state index contributed by atoms with van der Waals surface area (Å²) in [6.45, 7) is 7.80. The molecule has 4 nitrogen and oxygen atoms in total. The maximum Gasteiger partial charge on any atom is 0.191 e. The van der Waals surface area contributed by atoms with Crippen molar-refractivity contribution in [2.75, 3.05) is 27.2 Å². The summed E-state index contributed by atoms with van der Waals surface area (Å²) in [5.74, 6) is 0.809. The zero-order valence-corrected chi connectivity index (χ0v) is 16.0. The van der Waals surface area contributed by atoms with Crippen molar-refractivity contribution < 1.29 is 4.74 Å². The molecule has 2 N–H and O–H groups in total. The zero-order valence-electron chi connectivity index (χ0n) is 13.7. The monoisotopic (exact) mass is 405 g/mol. The minimum atomic E-state index is -0.201. The van der Waals surface area contributed by atoms with Crippen LogP contribution in [-0.2, 0) is 11.2 Å². The molecule has 0 aliphatic heterocycles. The van der Waals surface area contributed by atoms with Crippen LogP contribution in [0, 0.1) is 6.92 Å². The number of halogens is 1. The van der Waals surface area contributed by atoms with Crippen molar-refractivity contribution in [2.24, 2.45) is 4.99 Å². The van der Waals surface area contributed by atoms with E-state index in [-0.39, 0.29) is 29.6 Å². The summed E-state index contributed by atoms with van der Waals surface area (Å²) < 4.78 is 5.38. The molecule has 0 unspecified atom stereocenters. The highest BCUT2D eigenvalue weighted by Gasteiger charge is 2.16. The van der Waals surface area contributed by atoms with Gasteiger partial charge in [-0.2, -0.15) is 0 Å². The fraction of sp³-hybridized carbons (Fsp3) is 0.562. The van der Waals surface area contributed by atoms with Crippen LogP contribution < -0.4 is 10.6 Å². The quantitative estimate of drug-likeness (QED) is 0.435. The number of aryl methyl sites for hydroxylation is 1. The first-order chi connectivity index (χ1) is 9.48. The van der Waals surface area contributed by atoms with Gasteiger partial charge in [-0.25, -0.2) is 0 Å². The summed E-state index contributed by atoms with van der Waals surface area (Å²) in [6, 6.07) is 8.46. The molecule has 0 aromatic heterocycles. The van der Waals surface area contributed by atoms with Crippen molar-refractivity contribution in [3.8, 4) is 0 Å². The second-order valence-electron chi connectivity index (χ2n) is 5.49. The van der Waals surface area contributed by atoms with Gasteiger partial charge in [0.25, 0.3) is 0 Å². The summed E-state index contributed by atoms with van der Waals surface area (Å²) in [5.41, 5.74) is 2.50. The Kier molecular flexibility index (Phi) is 9.61. The lowest BCUT2D eigenvalue weighted by Gasteiger charge is -2.24. The van der Waals surface area contributed by atoms with Crippen LogP contribution in [0.25, 0.3) is 0 Å². The Morgan fingerprint density at radius 3 is 2.48 bits per heavy atom. The number of hydrogen-bond acceptors (Lipinski definition) is 2. The molecule has 0 atom stereocenters. The number of aliphatic imine (C=N–C) groups is 1. The number of nitrogens with one attached hydrogen (secondary N) is 2. The number of ether oxygens (including phenoxy) is 1. The maximum absolute atomic E-state index is 5.38. The van der Waals surface area contributed by atoms with Gasteiger partial charge in [0, 0.05) is 27.2 Å². The number of rotatable bonds is 6. The van der Waals surface area contributed by atoms with E-state index < -0.39 is 0 Å². The Hall–Kier alpha value is -0.820. The van der Waals surface area contributed by atoms with Crippen molar-refractivity contribution >= 4 is 29.9 Å². The SMILES string of the molecule is CN=C(NCCc1ccccc1C)NCC(C)(C)OC.I. The lowest BCUT2D eigenvalue weighted by Crippen LogP contribution is -2.45.